The number of hydrogen-bond acceptors (Lipinski definition) is 9. The van der Waals surface area contributed by atoms with Crippen LogP contribution < -0.4 is 10.1 Å². The molecule has 0 amide bonds. The summed E-state index contributed by atoms with van der Waals surface area (Å²) in [5.41, 5.74) is 4.01. The van der Waals surface area contributed by atoms with Gasteiger partial charge in [0.15, 0.2) is 17.3 Å². The number of aliphatic hydroxyl groups excluding tert-OH is 1. The van der Waals surface area contributed by atoms with Crippen molar-refractivity contribution < 1.29 is 9.84 Å². The summed E-state index contributed by atoms with van der Waals surface area (Å²) in [7, 11) is 1.54. The van der Waals surface area contributed by atoms with E-state index < -0.39 is 6.10 Å². The van der Waals surface area contributed by atoms with Crippen molar-refractivity contribution in [3.8, 4) is 23.6 Å². The molecule has 1 atom stereocenters. The first-order chi connectivity index (χ1) is 17.0. The van der Waals surface area contributed by atoms with Crippen LogP contribution >= 0.6 is 0 Å². The number of aryl methyl sites for hydroxylation is 1. The molecule has 4 heterocycles. The van der Waals surface area contributed by atoms with Crippen LogP contribution in [0, 0.1) is 18.3 Å². The molecule has 0 saturated carbocycles. The molecule has 0 aliphatic heterocycles. The van der Waals surface area contributed by atoms with Crippen molar-refractivity contribution >= 4 is 22.5 Å². The number of anilines is 2. The van der Waals surface area contributed by atoms with E-state index in [4.69, 9.17) is 9.72 Å². The number of hydrogen-bond donors (Lipinski definition) is 2. The first-order valence-corrected chi connectivity index (χ1v) is 10.7. The molecule has 0 fully saturated rings. The quantitative estimate of drug-likeness (QED) is 0.384. The van der Waals surface area contributed by atoms with Gasteiger partial charge in [0, 0.05) is 23.0 Å². The van der Waals surface area contributed by atoms with E-state index >= 15 is 0 Å². The zero-order valence-electron chi connectivity index (χ0n) is 19.2. The fraction of sp³-hybridized carbons (Fsp3) is 0.167. The molecule has 5 aromatic rings. The Labute approximate surface area is 200 Å². The van der Waals surface area contributed by atoms with E-state index in [0.29, 0.717) is 28.9 Å². The molecule has 0 saturated heterocycles. The van der Waals surface area contributed by atoms with E-state index in [-0.39, 0.29) is 5.69 Å². The van der Waals surface area contributed by atoms with Crippen LogP contribution in [0.4, 0.5) is 11.5 Å². The van der Waals surface area contributed by atoms with E-state index in [1.807, 2.05) is 41.8 Å². The lowest BCUT2D eigenvalue weighted by molar-refractivity contribution is 0.198. The zero-order chi connectivity index (χ0) is 24.5. The maximum Gasteiger partial charge on any atom is 0.233 e. The van der Waals surface area contributed by atoms with E-state index in [2.05, 4.69) is 25.6 Å². The van der Waals surface area contributed by atoms with Gasteiger partial charge in [0.05, 0.1) is 24.2 Å². The number of methoxy groups -OCH3 is 1. The maximum atomic E-state index is 10.3. The van der Waals surface area contributed by atoms with Crippen molar-refractivity contribution in [2.45, 2.75) is 20.0 Å². The van der Waals surface area contributed by atoms with E-state index in [0.717, 1.165) is 22.4 Å². The van der Waals surface area contributed by atoms with Gasteiger partial charge in [-0.05, 0) is 56.3 Å². The lowest BCUT2D eigenvalue weighted by atomic mass is 10.1. The van der Waals surface area contributed by atoms with Crippen LogP contribution in [0.3, 0.4) is 0 Å². The highest BCUT2D eigenvalue weighted by atomic mass is 16.5. The number of benzene rings is 1. The molecule has 174 valence electrons. The Kier molecular flexibility index (Phi) is 5.56. The number of nitriles is 1. The molecule has 4 aromatic heterocycles. The average molecular weight is 467 g/mol. The fourth-order valence-corrected chi connectivity index (χ4v) is 3.74. The van der Waals surface area contributed by atoms with Gasteiger partial charge in [0.1, 0.15) is 18.2 Å². The predicted octanol–water partition coefficient (Wildman–Crippen LogP) is 3.38. The lowest BCUT2D eigenvalue weighted by Crippen LogP contribution is -2.10. The zero-order valence-corrected chi connectivity index (χ0v) is 19.2. The van der Waals surface area contributed by atoms with Gasteiger partial charge >= 0.3 is 0 Å². The molecule has 0 aliphatic carbocycles. The Morgan fingerprint density at radius 2 is 1.97 bits per heavy atom. The van der Waals surface area contributed by atoms with Gasteiger partial charge in [-0.3, -0.25) is 4.57 Å². The molecular weight excluding hydrogens is 446 g/mol. The van der Waals surface area contributed by atoms with Gasteiger partial charge in [-0.15, -0.1) is 10.2 Å². The number of pyridine rings is 1. The molecule has 2 N–H and O–H groups in total. The monoisotopic (exact) mass is 467 g/mol. The van der Waals surface area contributed by atoms with Crippen molar-refractivity contribution in [2.75, 3.05) is 12.4 Å². The molecule has 0 bridgehead atoms. The van der Waals surface area contributed by atoms with Gasteiger partial charge in [-0.1, -0.05) is 0 Å². The van der Waals surface area contributed by atoms with Crippen molar-refractivity contribution in [1.29, 1.82) is 5.26 Å². The minimum absolute atomic E-state index is 0.279. The summed E-state index contributed by atoms with van der Waals surface area (Å²) in [6, 6.07) is 16.6. The molecule has 0 aliphatic rings. The second-order valence-corrected chi connectivity index (χ2v) is 7.86. The van der Waals surface area contributed by atoms with Crippen LogP contribution in [0.15, 0.2) is 54.9 Å². The highest BCUT2D eigenvalue weighted by Crippen LogP contribution is 2.26. The molecular formula is C24H21N9O2. The van der Waals surface area contributed by atoms with E-state index in [1.54, 1.807) is 42.2 Å². The first-order valence-electron chi connectivity index (χ1n) is 10.7. The lowest BCUT2D eigenvalue weighted by Gasteiger charge is -2.14. The smallest absolute Gasteiger partial charge is 0.233 e. The molecule has 1 unspecified atom stereocenters. The van der Waals surface area contributed by atoms with Crippen molar-refractivity contribution in [1.82, 2.24) is 34.5 Å². The summed E-state index contributed by atoms with van der Waals surface area (Å²) in [5.74, 6) is 2.07. The minimum Gasteiger partial charge on any atom is -0.480 e. The van der Waals surface area contributed by atoms with Gasteiger partial charge in [-0.25, -0.2) is 14.6 Å². The number of fused-ring (bicyclic) bond motifs is 1. The standard InChI is InChI=1S/C24H21N9O2/c1-14-10-17(12-25)31-33(14)24-18(15(2)34)5-8-22(28-24)32-13-26-19-11-16(4-6-20(19)32)27-21-7-9-23(35-3)30-29-21/h4-11,13,15,34H,1-3H3,(H,27,29). The molecule has 35 heavy (non-hydrogen) atoms. The number of ether oxygens (including phenoxy) is 1. The number of aliphatic hydroxyl groups is 1. The Morgan fingerprint density at radius 3 is 2.66 bits per heavy atom. The number of nitrogens with one attached hydrogen (secondary N) is 1. The number of nitrogens with zero attached hydrogens (tertiary/aromatic N) is 8. The summed E-state index contributed by atoms with van der Waals surface area (Å²) in [6.07, 6.45) is 0.918. The van der Waals surface area contributed by atoms with E-state index in [1.165, 1.54) is 7.11 Å². The SMILES string of the molecule is COc1ccc(Nc2ccc3c(c2)ncn3-c2ccc(C(C)O)c(-n3nc(C#N)cc3C)n2)nn1. The minimum atomic E-state index is -0.769. The van der Waals surface area contributed by atoms with Crippen LogP contribution in [0.2, 0.25) is 0 Å². The Bertz CT molecular complexity index is 1560. The topological polar surface area (TPSA) is 140 Å². The van der Waals surface area contributed by atoms with Gasteiger partial charge in [0.25, 0.3) is 0 Å². The van der Waals surface area contributed by atoms with Crippen molar-refractivity contribution in [3.63, 3.8) is 0 Å². The summed E-state index contributed by atoms with van der Waals surface area (Å²) >= 11 is 0. The molecule has 11 nitrogen and oxygen atoms in total. The highest BCUT2D eigenvalue weighted by Gasteiger charge is 2.17. The molecule has 0 spiro atoms. The normalized spacial score (nSPS) is 11.9. The number of rotatable bonds is 6. The highest BCUT2D eigenvalue weighted by molar-refractivity contribution is 5.82. The molecule has 5 rings (SSSR count). The molecule has 1 aromatic carbocycles. The summed E-state index contributed by atoms with van der Waals surface area (Å²) in [4.78, 5) is 9.31. The fourth-order valence-electron chi connectivity index (χ4n) is 3.74. The van der Waals surface area contributed by atoms with Gasteiger partial charge in [-0.2, -0.15) is 10.4 Å². The average Bonchev–Trinajstić information content (AvgIpc) is 3.47. The second-order valence-electron chi connectivity index (χ2n) is 7.86. The Balaban J connectivity index is 1.52. The summed E-state index contributed by atoms with van der Waals surface area (Å²) in [6.45, 7) is 3.50. The third-order valence-electron chi connectivity index (χ3n) is 5.46. The van der Waals surface area contributed by atoms with Gasteiger partial charge < -0.3 is 15.2 Å². The molecule has 11 heteroatoms. The largest absolute Gasteiger partial charge is 0.480 e. The summed E-state index contributed by atoms with van der Waals surface area (Å²) < 4.78 is 8.46. The van der Waals surface area contributed by atoms with Crippen LogP contribution in [-0.2, 0) is 0 Å². The first kappa shape index (κ1) is 22.0. The van der Waals surface area contributed by atoms with Crippen LogP contribution in [-0.4, -0.2) is 46.7 Å². The predicted molar refractivity (Wildman–Crippen MR) is 128 cm³/mol. The van der Waals surface area contributed by atoms with Crippen molar-refractivity contribution in [2.24, 2.45) is 0 Å². The van der Waals surface area contributed by atoms with Crippen LogP contribution in [0.5, 0.6) is 5.88 Å². The number of aromatic nitrogens is 7. The third kappa shape index (κ3) is 4.14. The molecule has 0 radical (unpaired) electrons. The van der Waals surface area contributed by atoms with Gasteiger partial charge in [0.2, 0.25) is 5.88 Å². The Morgan fingerprint density at radius 1 is 1.11 bits per heavy atom. The third-order valence-corrected chi connectivity index (χ3v) is 5.46. The Hall–Kier alpha value is -4.82. The summed E-state index contributed by atoms with van der Waals surface area (Å²) in [5, 5.41) is 35.1. The van der Waals surface area contributed by atoms with E-state index in [9.17, 15) is 10.4 Å². The second kappa shape index (κ2) is 8.85. The van der Waals surface area contributed by atoms with Crippen LogP contribution in [0.1, 0.15) is 30.0 Å². The maximum absolute atomic E-state index is 10.3. The van der Waals surface area contributed by atoms with Crippen molar-refractivity contribution in [3.05, 3.63) is 71.8 Å². The number of imidazole rings is 1. The van der Waals surface area contributed by atoms with Crippen LogP contribution in [0.25, 0.3) is 22.7 Å².